The highest BCUT2D eigenvalue weighted by Crippen LogP contribution is 2.25. The smallest absolute Gasteiger partial charge is 0.337 e. The van der Waals surface area contributed by atoms with Crippen molar-refractivity contribution in [1.29, 1.82) is 0 Å². The van der Waals surface area contributed by atoms with E-state index in [0.29, 0.717) is 6.61 Å². The first kappa shape index (κ1) is 14.8. The molecule has 0 aromatic heterocycles. The number of nitrogens with zero attached hydrogens (tertiary/aromatic N) is 1. The summed E-state index contributed by atoms with van der Waals surface area (Å²) in [5.41, 5.74) is 1.02. The molecule has 5 heteroatoms. The lowest BCUT2D eigenvalue weighted by atomic mass is 10.1. The Hall–Kier alpha value is -1.26. The van der Waals surface area contributed by atoms with Crippen LogP contribution in [0.4, 0.5) is 5.69 Å². The number of methoxy groups -OCH3 is 1. The molecule has 0 heterocycles. The van der Waals surface area contributed by atoms with E-state index in [1.165, 1.54) is 6.07 Å². The molecule has 100 valence electrons. The average Bonchev–Trinajstić information content (AvgIpc) is 2.29. The molecule has 1 rings (SSSR count). The van der Waals surface area contributed by atoms with Crippen LogP contribution in [-0.4, -0.2) is 37.4 Å². The van der Waals surface area contributed by atoms with E-state index >= 15 is 0 Å². The number of carboxylic acid groups (broad SMARTS) is 1. The first-order valence-electron chi connectivity index (χ1n) is 5.79. The molecule has 18 heavy (non-hydrogen) atoms. The number of carbonyl (C=O) groups is 1. The molecule has 1 unspecified atom stereocenters. The van der Waals surface area contributed by atoms with Gasteiger partial charge < -0.3 is 14.7 Å². The van der Waals surface area contributed by atoms with Crippen molar-refractivity contribution in [1.82, 2.24) is 0 Å². The number of hydrogen-bond acceptors (Lipinski definition) is 3. The van der Waals surface area contributed by atoms with Crippen LogP contribution in [0.15, 0.2) is 18.2 Å². The summed E-state index contributed by atoms with van der Waals surface area (Å²) in [6.45, 7) is 5.48. The summed E-state index contributed by atoms with van der Waals surface area (Å²) in [6, 6.07) is 5.18. The Morgan fingerprint density at radius 2 is 2.22 bits per heavy atom. The van der Waals surface area contributed by atoms with Gasteiger partial charge in [-0.3, -0.25) is 0 Å². The highest BCUT2D eigenvalue weighted by molar-refractivity contribution is 6.33. The monoisotopic (exact) mass is 271 g/mol. The van der Waals surface area contributed by atoms with Gasteiger partial charge in [-0.2, -0.15) is 0 Å². The summed E-state index contributed by atoms with van der Waals surface area (Å²) < 4.78 is 5.13. The molecule has 0 fully saturated rings. The fourth-order valence-electron chi connectivity index (χ4n) is 1.94. The molecule has 1 atom stereocenters. The van der Waals surface area contributed by atoms with Crippen LogP contribution in [0.5, 0.6) is 0 Å². The second-order valence-electron chi connectivity index (χ2n) is 4.06. The lowest BCUT2D eigenvalue weighted by Gasteiger charge is -2.30. The third-order valence-corrected chi connectivity index (χ3v) is 3.11. The minimum absolute atomic E-state index is 0.121. The Bertz CT molecular complexity index is 423. The van der Waals surface area contributed by atoms with E-state index in [2.05, 4.69) is 4.90 Å². The largest absolute Gasteiger partial charge is 0.478 e. The van der Waals surface area contributed by atoms with E-state index < -0.39 is 5.97 Å². The van der Waals surface area contributed by atoms with Gasteiger partial charge in [-0.15, -0.1) is 0 Å². The summed E-state index contributed by atoms with van der Waals surface area (Å²) in [6.07, 6.45) is 0. The molecule has 0 aliphatic heterocycles. The lowest BCUT2D eigenvalue weighted by Crippen LogP contribution is -2.36. The van der Waals surface area contributed by atoms with Crippen molar-refractivity contribution in [3.63, 3.8) is 0 Å². The van der Waals surface area contributed by atoms with E-state index in [1.807, 2.05) is 13.8 Å². The summed E-state index contributed by atoms with van der Waals surface area (Å²) in [4.78, 5) is 13.0. The first-order chi connectivity index (χ1) is 8.51. The molecule has 4 nitrogen and oxygen atoms in total. The molecular formula is C13H18ClNO3. The molecule has 0 aliphatic rings. The van der Waals surface area contributed by atoms with Crippen LogP contribution in [0.1, 0.15) is 24.2 Å². The Kier molecular flexibility index (Phi) is 5.44. The van der Waals surface area contributed by atoms with Gasteiger partial charge >= 0.3 is 5.97 Å². The second kappa shape index (κ2) is 6.61. The highest BCUT2D eigenvalue weighted by atomic mass is 35.5. The second-order valence-corrected chi connectivity index (χ2v) is 4.47. The van der Waals surface area contributed by atoms with Crippen LogP contribution in [0, 0.1) is 0 Å². The van der Waals surface area contributed by atoms with Crippen LogP contribution in [-0.2, 0) is 4.74 Å². The molecule has 0 bridgehead atoms. The minimum atomic E-state index is -1.01. The number of carboxylic acids is 1. The maximum Gasteiger partial charge on any atom is 0.337 e. The van der Waals surface area contributed by atoms with Gasteiger partial charge in [0.25, 0.3) is 0 Å². The summed E-state index contributed by atoms with van der Waals surface area (Å²) >= 11 is 5.97. The molecule has 0 aliphatic carbocycles. The van der Waals surface area contributed by atoms with Gasteiger partial charge in [-0.25, -0.2) is 4.79 Å². The molecule has 1 N–H and O–H groups in total. The molecular weight excluding hydrogens is 254 g/mol. The third-order valence-electron chi connectivity index (χ3n) is 2.80. The highest BCUT2D eigenvalue weighted by Gasteiger charge is 2.15. The fraction of sp³-hybridized carbons (Fsp3) is 0.462. The molecule has 0 spiro atoms. The predicted molar refractivity (Wildman–Crippen MR) is 72.8 cm³/mol. The molecule has 0 radical (unpaired) electrons. The standard InChI is InChI=1S/C13H18ClNO3/c1-4-15(9(2)8-18-3)10-5-6-11(13(16)17)12(14)7-10/h5-7,9H,4,8H2,1-3H3,(H,16,17). The van der Waals surface area contributed by atoms with Gasteiger partial charge in [0, 0.05) is 25.4 Å². The number of likely N-dealkylation sites (N-methyl/N-ethyl adjacent to an activating group) is 1. The Morgan fingerprint density at radius 1 is 1.56 bits per heavy atom. The first-order valence-corrected chi connectivity index (χ1v) is 6.17. The van der Waals surface area contributed by atoms with E-state index in [9.17, 15) is 4.79 Å². The predicted octanol–water partition coefficient (Wildman–Crippen LogP) is 2.90. The van der Waals surface area contributed by atoms with Crippen molar-refractivity contribution in [3.05, 3.63) is 28.8 Å². The van der Waals surface area contributed by atoms with Crippen LogP contribution >= 0.6 is 11.6 Å². The number of halogens is 1. The van der Waals surface area contributed by atoms with Crippen molar-refractivity contribution >= 4 is 23.3 Å². The average molecular weight is 272 g/mol. The van der Waals surface area contributed by atoms with Gasteiger partial charge in [0.15, 0.2) is 0 Å². The topological polar surface area (TPSA) is 49.8 Å². The Balaban J connectivity index is 3.01. The zero-order valence-corrected chi connectivity index (χ0v) is 11.6. The van der Waals surface area contributed by atoms with E-state index in [4.69, 9.17) is 21.4 Å². The van der Waals surface area contributed by atoms with Crippen molar-refractivity contribution in [2.24, 2.45) is 0 Å². The number of anilines is 1. The number of benzene rings is 1. The van der Waals surface area contributed by atoms with Crippen molar-refractivity contribution in [3.8, 4) is 0 Å². The SMILES string of the molecule is CCN(c1ccc(C(=O)O)c(Cl)c1)C(C)COC. The van der Waals surface area contributed by atoms with Crippen LogP contribution < -0.4 is 4.90 Å². The van der Waals surface area contributed by atoms with E-state index in [-0.39, 0.29) is 16.6 Å². The van der Waals surface area contributed by atoms with Crippen LogP contribution in [0.25, 0.3) is 0 Å². The number of rotatable bonds is 6. The maximum atomic E-state index is 10.9. The van der Waals surface area contributed by atoms with Gasteiger partial charge in [0.1, 0.15) is 0 Å². The van der Waals surface area contributed by atoms with Gasteiger partial charge in [-0.1, -0.05) is 11.6 Å². The zero-order valence-electron chi connectivity index (χ0n) is 10.8. The number of ether oxygens (including phenoxy) is 1. The maximum absolute atomic E-state index is 10.9. The Labute approximate surface area is 112 Å². The fourth-order valence-corrected chi connectivity index (χ4v) is 2.19. The molecule has 1 aromatic carbocycles. The van der Waals surface area contributed by atoms with Crippen LogP contribution in [0.2, 0.25) is 5.02 Å². The normalized spacial score (nSPS) is 12.2. The summed E-state index contributed by atoms with van der Waals surface area (Å²) in [5.74, 6) is -1.01. The van der Waals surface area contributed by atoms with Gasteiger partial charge in [0.05, 0.1) is 17.2 Å². The van der Waals surface area contributed by atoms with E-state index in [1.54, 1.807) is 19.2 Å². The summed E-state index contributed by atoms with van der Waals surface area (Å²) in [5, 5.41) is 9.18. The van der Waals surface area contributed by atoms with Crippen molar-refractivity contribution < 1.29 is 14.6 Å². The minimum Gasteiger partial charge on any atom is -0.478 e. The van der Waals surface area contributed by atoms with E-state index in [0.717, 1.165) is 12.2 Å². The third kappa shape index (κ3) is 3.37. The molecule has 1 aromatic rings. The quantitative estimate of drug-likeness (QED) is 0.864. The number of aromatic carboxylic acids is 1. The van der Waals surface area contributed by atoms with Gasteiger partial charge in [-0.05, 0) is 32.0 Å². The zero-order chi connectivity index (χ0) is 13.7. The van der Waals surface area contributed by atoms with Crippen molar-refractivity contribution in [2.75, 3.05) is 25.2 Å². The molecule has 0 amide bonds. The Morgan fingerprint density at radius 3 is 2.67 bits per heavy atom. The van der Waals surface area contributed by atoms with Crippen molar-refractivity contribution in [2.45, 2.75) is 19.9 Å². The summed E-state index contributed by atoms with van der Waals surface area (Å²) in [7, 11) is 1.66. The molecule has 0 saturated heterocycles. The molecule has 0 saturated carbocycles. The van der Waals surface area contributed by atoms with Crippen LogP contribution in [0.3, 0.4) is 0 Å². The lowest BCUT2D eigenvalue weighted by molar-refractivity contribution is 0.0697. The number of hydrogen-bond donors (Lipinski definition) is 1. The van der Waals surface area contributed by atoms with Gasteiger partial charge in [0.2, 0.25) is 0 Å².